The monoisotopic (exact) mass is 355 g/mol. The van der Waals surface area contributed by atoms with Gasteiger partial charge in [-0.1, -0.05) is 46.3 Å². The SMILES string of the molecule is O=S(=O)(N/C=C(/F)c1ccccc1)c1ccc(Br)cc1. The maximum Gasteiger partial charge on any atom is 0.261 e. The first-order valence-electron chi connectivity index (χ1n) is 5.68. The molecule has 0 spiro atoms. The van der Waals surface area contributed by atoms with E-state index in [0.29, 0.717) is 5.56 Å². The topological polar surface area (TPSA) is 46.2 Å². The summed E-state index contributed by atoms with van der Waals surface area (Å²) in [6.45, 7) is 0. The van der Waals surface area contributed by atoms with Gasteiger partial charge in [0.1, 0.15) is 5.83 Å². The summed E-state index contributed by atoms with van der Waals surface area (Å²) in [5.74, 6) is -0.647. The normalized spacial score (nSPS) is 12.2. The van der Waals surface area contributed by atoms with Crippen molar-refractivity contribution in [2.24, 2.45) is 0 Å². The molecule has 0 saturated carbocycles. The van der Waals surface area contributed by atoms with Gasteiger partial charge in [0, 0.05) is 16.2 Å². The summed E-state index contributed by atoms with van der Waals surface area (Å²) in [6.07, 6.45) is 0.840. The quantitative estimate of drug-likeness (QED) is 0.908. The Hall–Kier alpha value is -1.66. The highest BCUT2D eigenvalue weighted by Gasteiger charge is 2.12. The Kier molecular flexibility index (Phi) is 4.57. The average molecular weight is 356 g/mol. The van der Waals surface area contributed by atoms with Crippen LogP contribution in [0.2, 0.25) is 0 Å². The lowest BCUT2D eigenvalue weighted by molar-refractivity contribution is 0.590. The molecule has 0 unspecified atom stereocenters. The molecule has 20 heavy (non-hydrogen) atoms. The summed E-state index contributed by atoms with van der Waals surface area (Å²) in [6, 6.07) is 14.3. The van der Waals surface area contributed by atoms with E-state index in [-0.39, 0.29) is 4.90 Å². The molecule has 0 aliphatic rings. The van der Waals surface area contributed by atoms with Crippen LogP contribution in [0.1, 0.15) is 5.56 Å². The summed E-state index contributed by atoms with van der Waals surface area (Å²) < 4.78 is 40.5. The van der Waals surface area contributed by atoms with Gasteiger partial charge >= 0.3 is 0 Å². The molecule has 0 amide bonds. The summed E-state index contributed by atoms with van der Waals surface area (Å²) in [5, 5.41) is 0. The molecule has 0 radical (unpaired) electrons. The largest absolute Gasteiger partial charge is 0.283 e. The Balaban J connectivity index is 2.19. The molecular weight excluding hydrogens is 345 g/mol. The zero-order valence-electron chi connectivity index (χ0n) is 10.3. The fourth-order valence-electron chi connectivity index (χ4n) is 1.49. The molecule has 0 aliphatic carbocycles. The zero-order chi connectivity index (χ0) is 14.6. The lowest BCUT2D eigenvalue weighted by Crippen LogP contribution is -2.18. The molecule has 2 aromatic carbocycles. The fraction of sp³-hybridized carbons (Fsp3) is 0. The van der Waals surface area contributed by atoms with Crippen molar-refractivity contribution in [1.82, 2.24) is 4.72 Å². The van der Waals surface area contributed by atoms with Crippen LogP contribution < -0.4 is 4.72 Å². The molecule has 2 rings (SSSR count). The minimum Gasteiger partial charge on any atom is -0.283 e. The summed E-state index contributed by atoms with van der Waals surface area (Å²) in [7, 11) is -3.77. The molecule has 104 valence electrons. The second-order valence-corrected chi connectivity index (χ2v) is 6.56. The van der Waals surface area contributed by atoms with Crippen molar-refractivity contribution >= 4 is 31.8 Å². The number of hydrogen-bond donors (Lipinski definition) is 1. The molecule has 0 heterocycles. The lowest BCUT2D eigenvalue weighted by Gasteiger charge is -2.04. The number of rotatable bonds is 4. The van der Waals surface area contributed by atoms with Crippen LogP contribution >= 0.6 is 15.9 Å². The van der Waals surface area contributed by atoms with E-state index in [9.17, 15) is 12.8 Å². The van der Waals surface area contributed by atoms with E-state index in [1.54, 1.807) is 42.5 Å². The first-order valence-corrected chi connectivity index (χ1v) is 7.96. The molecule has 0 aromatic heterocycles. The Morgan fingerprint density at radius 2 is 1.65 bits per heavy atom. The molecule has 0 bridgehead atoms. The van der Waals surface area contributed by atoms with Crippen LogP contribution in [-0.4, -0.2) is 8.42 Å². The molecule has 0 atom stereocenters. The Morgan fingerprint density at radius 3 is 2.25 bits per heavy atom. The Morgan fingerprint density at radius 1 is 1.05 bits per heavy atom. The number of halogens is 2. The van der Waals surface area contributed by atoms with Gasteiger partial charge in [0.25, 0.3) is 10.0 Å². The van der Waals surface area contributed by atoms with Crippen LogP contribution in [0, 0.1) is 0 Å². The maximum absolute atomic E-state index is 13.8. The third kappa shape index (κ3) is 3.68. The highest BCUT2D eigenvalue weighted by molar-refractivity contribution is 9.10. The molecule has 6 heteroatoms. The Bertz CT molecular complexity index is 713. The van der Waals surface area contributed by atoms with E-state index in [2.05, 4.69) is 20.7 Å². The second kappa shape index (κ2) is 6.19. The third-order valence-corrected chi connectivity index (χ3v) is 4.36. The van der Waals surface area contributed by atoms with Crippen LogP contribution in [0.25, 0.3) is 5.83 Å². The van der Waals surface area contributed by atoms with E-state index in [1.165, 1.54) is 12.1 Å². The third-order valence-electron chi connectivity index (χ3n) is 2.51. The molecule has 0 saturated heterocycles. The minimum atomic E-state index is -3.77. The van der Waals surface area contributed by atoms with Crippen molar-refractivity contribution in [3.63, 3.8) is 0 Å². The number of hydrogen-bond acceptors (Lipinski definition) is 2. The average Bonchev–Trinajstić information content (AvgIpc) is 2.46. The number of sulfonamides is 1. The molecule has 0 aliphatic heterocycles. The van der Waals surface area contributed by atoms with Gasteiger partial charge < -0.3 is 0 Å². The predicted octanol–water partition coefficient (Wildman–Crippen LogP) is 3.70. The highest BCUT2D eigenvalue weighted by Crippen LogP contribution is 2.17. The zero-order valence-corrected chi connectivity index (χ0v) is 12.7. The molecule has 0 fully saturated rings. The lowest BCUT2D eigenvalue weighted by atomic mass is 10.2. The van der Waals surface area contributed by atoms with E-state index in [1.807, 2.05) is 0 Å². The van der Waals surface area contributed by atoms with Gasteiger partial charge in [-0.25, -0.2) is 12.8 Å². The van der Waals surface area contributed by atoms with E-state index in [4.69, 9.17) is 0 Å². The Labute approximate surface area is 125 Å². The van der Waals surface area contributed by atoms with Crippen molar-refractivity contribution < 1.29 is 12.8 Å². The molecular formula is C14H11BrFNO2S. The van der Waals surface area contributed by atoms with Gasteiger partial charge in [-0.05, 0) is 24.3 Å². The first kappa shape index (κ1) is 14.7. The molecule has 2 aromatic rings. The van der Waals surface area contributed by atoms with E-state index < -0.39 is 15.9 Å². The predicted molar refractivity (Wildman–Crippen MR) is 80.0 cm³/mol. The van der Waals surface area contributed by atoms with Crippen molar-refractivity contribution in [3.05, 3.63) is 70.8 Å². The van der Waals surface area contributed by atoms with Crippen molar-refractivity contribution in [2.45, 2.75) is 4.90 Å². The summed E-state index contributed by atoms with van der Waals surface area (Å²) >= 11 is 3.22. The van der Waals surface area contributed by atoms with Crippen LogP contribution in [0.3, 0.4) is 0 Å². The first-order chi connectivity index (χ1) is 9.49. The van der Waals surface area contributed by atoms with Gasteiger partial charge in [0.15, 0.2) is 0 Å². The van der Waals surface area contributed by atoms with Crippen molar-refractivity contribution in [2.75, 3.05) is 0 Å². The number of benzene rings is 2. The standard InChI is InChI=1S/C14H11BrFNO2S/c15-12-6-8-13(9-7-12)20(18,19)17-10-14(16)11-4-2-1-3-5-11/h1-10,17H/b14-10+. The van der Waals surface area contributed by atoms with Crippen molar-refractivity contribution in [1.29, 1.82) is 0 Å². The van der Waals surface area contributed by atoms with Gasteiger partial charge in [-0.2, -0.15) is 0 Å². The maximum atomic E-state index is 13.8. The smallest absolute Gasteiger partial charge is 0.261 e. The van der Waals surface area contributed by atoms with Gasteiger partial charge in [-0.3, -0.25) is 4.72 Å². The van der Waals surface area contributed by atoms with Crippen LogP contribution in [0.4, 0.5) is 4.39 Å². The van der Waals surface area contributed by atoms with Crippen molar-refractivity contribution in [3.8, 4) is 0 Å². The van der Waals surface area contributed by atoms with Gasteiger partial charge in [0.2, 0.25) is 0 Å². The van der Waals surface area contributed by atoms with E-state index >= 15 is 0 Å². The molecule has 1 N–H and O–H groups in total. The second-order valence-electron chi connectivity index (χ2n) is 3.93. The summed E-state index contributed by atoms with van der Waals surface area (Å²) in [4.78, 5) is 0.0674. The summed E-state index contributed by atoms with van der Waals surface area (Å²) in [5.41, 5.74) is 0.311. The van der Waals surface area contributed by atoms with E-state index in [0.717, 1.165) is 10.7 Å². The number of nitrogens with one attached hydrogen (secondary N) is 1. The van der Waals surface area contributed by atoms with Gasteiger partial charge in [0.05, 0.1) is 4.90 Å². The van der Waals surface area contributed by atoms with Crippen LogP contribution in [0.15, 0.2) is 70.2 Å². The molecule has 3 nitrogen and oxygen atoms in total. The van der Waals surface area contributed by atoms with Gasteiger partial charge in [-0.15, -0.1) is 0 Å². The highest BCUT2D eigenvalue weighted by atomic mass is 79.9. The van der Waals surface area contributed by atoms with Crippen LogP contribution in [0.5, 0.6) is 0 Å². The van der Waals surface area contributed by atoms with Crippen LogP contribution in [-0.2, 0) is 10.0 Å². The minimum absolute atomic E-state index is 0.0674. The fourth-order valence-corrected chi connectivity index (χ4v) is 2.65.